The molecule has 4 nitrogen and oxygen atoms in total. The second-order valence-electron chi connectivity index (χ2n) is 6.20. The zero-order valence-electron chi connectivity index (χ0n) is 14.7. The van der Waals surface area contributed by atoms with Crippen molar-refractivity contribution in [1.82, 2.24) is 4.98 Å². The van der Waals surface area contributed by atoms with Crippen molar-refractivity contribution < 1.29 is 13.2 Å². The largest absolute Gasteiger partial charge is 0.438 e. The van der Waals surface area contributed by atoms with E-state index in [4.69, 9.17) is 4.74 Å². The molecule has 134 valence electrons. The third-order valence-electron chi connectivity index (χ3n) is 4.30. The van der Waals surface area contributed by atoms with Gasteiger partial charge in [0.15, 0.2) is 0 Å². The Bertz CT molecular complexity index is 1200. The second kappa shape index (κ2) is 6.85. The molecular weight excluding hydrogens is 358 g/mol. The number of aromatic nitrogens is 1. The number of fused-ring (bicyclic) bond motifs is 1. The molecule has 0 fully saturated rings. The van der Waals surface area contributed by atoms with Crippen LogP contribution in [0.3, 0.4) is 0 Å². The first-order chi connectivity index (χ1) is 13.1. The average molecular weight is 375 g/mol. The minimum atomic E-state index is -3.79. The summed E-state index contributed by atoms with van der Waals surface area (Å²) in [5.41, 5.74) is 0.997. The molecule has 0 aliphatic heterocycles. The Balaban J connectivity index is 1.96. The lowest BCUT2D eigenvalue weighted by atomic mass is 10.1. The lowest BCUT2D eigenvalue weighted by molar-refractivity contribution is 0.451. The van der Waals surface area contributed by atoms with Crippen molar-refractivity contribution in [3.8, 4) is 11.6 Å². The summed E-state index contributed by atoms with van der Waals surface area (Å²) in [6, 6.07) is 23.0. The number of pyridine rings is 1. The Morgan fingerprint density at radius 2 is 1.56 bits per heavy atom. The van der Waals surface area contributed by atoms with E-state index in [9.17, 15) is 8.42 Å². The fraction of sp³-hybridized carbons (Fsp3) is 0.0455. The molecule has 1 aromatic heterocycles. The van der Waals surface area contributed by atoms with E-state index in [2.05, 4.69) is 4.98 Å². The van der Waals surface area contributed by atoms with E-state index in [1.54, 1.807) is 60.8 Å². The molecule has 5 heteroatoms. The summed E-state index contributed by atoms with van der Waals surface area (Å²) in [6.45, 7) is 1.92. The summed E-state index contributed by atoms with van der Waals surface area (Å²) >= 11 is 0. The first kappa shape index (κ1) is 17.2. The number of hydrogen-bond acceptors (Lipinski definition) is 4. The minimum Gasteiger partial charge on any atom is -0.438 e. The van der Waals surface area contributed by atoms with Crippen molar-refractivity contribution in [2.45, 2.75) is 16.7 Å². The Morgan fingerprint density at radius 3 is 2.30 bits per heavy atom. The van der Waals surface area contributed by atoms with Gasteiger partial charge in [-0.3, -0.25) is 0 Å². The van der Waals surface area contributed by atoms with Crippen LogP contribution in [-0.4, -0.2) is 13.4 Å². The Morgan fingerprint density at radius 1 is 0.815 bits per heavy atom. The van der Waals surface area contributed by atoms with Crippen LogP contribution in [0, 0.1) is 6.92 Å². The van der Waals surface area contributed by atoms with Gasteiger partial charge in [-0.2, -0.15) is 0 Å². The van der Waals surface area contributed by atoms with Crippen LogP contribution in [0.25, 0.3) is 10.8 Å². The van der Waals surface area contributed by atoms with E-state index in [-0.39, 0.29) is 15.5 Å². The summed E-state index contributed by atoms with van der Waals surface area (Å²) < 4.78 is 32.8. The quantitative estimate of drug-likeness (QED) is 0.494. The maximum Gasteiger partial charge on any atom is 0.219 e. The Labute approximate surface area is 158 Å². The number of sulfone groups is 1. The Kier molecular flexibility index (Phi) is 4.38. The molecule has 0 spiro atoms. The predicted molar refractivity (Wildman–Crippen MR) is 105 cm³/mol. The van der Waals surface area contributed by atoms with Gasteiger partial charge in [0.1, 0.15) is 10.6 Å². The maximum absolute atomic E-state index is 13.5. The monoisotopic (exact) mass is 375 g/mol. The third kappa shape index (κ3) is 3.29. The van der Waals surface area contributed by atoms with Gasteiger partial charge in [-0.05, 0) is 36.6 Å². The molecule has 0 saturated heterocycles. The van der Waals surface area contributed by atoms with Gasteiger partial charge in [0.05, 0.1) is 4.90 Å². The molecule has 4 aromatic rings. The first-order valence-corrected chi connectivity index (χ1v) is 9.96. The molecule has 27 heavy (non-hydrogen) atoms. The van der Waals surface area contributed by atoms with Crippen LogP contribution in [0.4, 0.5) is 0 Å². The fourth-order valence-corrected chi connectivity index (χ4v) is 4.52. The maximum atomic E-state index is 13.5. The molecule has 0 radical (unpaired) electrons. The lowest BCUT2D eigenvalue weighted by Crippen LogP contribution is -2.05. The highest BCUT2D eigenvalue weighted by Gasteiger charge is 2.25. The van der Waals surface area contributed by atoms with Gasteiger partial charge in [-0.15, -0.1) is 0 Å². The molecule has 0 saturated carbocycles. The van der Waals surface area contributed by atoms with E-state index in [1.165, 1.54) is 0 Å². The van der Waals surface area contributed by atoms with Gasteiger partial charge in [0.25, 0.3) is 0 Å². The van der Waals surface area contributed by atoms with Crippen LogP contribution >= 0.6 is 0 Å². The van der Waals surface area contributed by atoms with Crippen LogP contribution < -0.4 is 4.74 Å². The summed E-state index contributed by atoms with van der Waals surface area (Å²) in [5, 5.41) is 1.45. The second-order valence-corrected chi connectivity index (χ2v) is 8.09. The topological polar surface area (TPSA) is 56.3 Å². The zero-order valence-corrected chi connectivity index (χ0v) is 15.5. The van der Waals surface area contributed by atoms with Crippen molar-refractivity contribution in [2.24, 2.45) is 0 Å². The highest BCUT2D eigenvalue weighted by molar-refractivity contribution is 7.91. The van der Waals surface area contributed by atoms with E-state index in [0.29, 0.717) is 11.3 Å². The van der Waals surface area contributed by atoms with Gasteiger partial charge in [0.2, 0.25) is 15.7 Å². The van der Waals surface area contributed by atoms with Gasteiger partial charge in [-0.1, -0.05) is 54.1 Å². The number of nitrogens with zero attached hydrogens (tertiary/aromatic N) is 1. The van der Waals surface area contributed by atoms with Crippen molar-refractivity contribution in [1.29, 1.82) is 0 Å². The van der Waals surface area contributed by atoms with Gasteiger partial charge >= 0.3 is 0 Å². The molecule has 0 unspecified atom stereocenters. The normalized spacial score (nSPS) is 11.4. The number of benzene rings is 3. The van der Waals surface area contributed by atoms with Crippen LogP contribution in [0.1, 0.15) is 5.56 Å². The van der Waals surface area contributed by atoms with Crippen LogP contribution in [-0.2, 0) is 9.84 Å². The molecule has 1 heterocycles. The van der Waals surface area contributed by atoms with Crippen molar-refractivity contribution in [3.05, 3.63) is 90.6 Å². The SMILES string of the molecule is Cc1ccc(S(=O)(=O)c2c(Oc3ccccn3)ccc3ccccc23)cc1. The Hall–Kier alpha value is -3.18. The van der Waals surface area contributed by atoms with E-state index < -0.39 is 9.84 Å². The summed E-state index contributed by atoms with van der Waals surface area (Å²) in [6.07, 6.45) is 1.60. The molecular formula is C22H17NO3S. The standard InChI is InChI=1S/C22H17NO3S/c1-16-9-12-18(13-10-16)27(24,25)22-19-7-3-2-6-17(19)11-14-20(22)26-21-8-4-5-15-23-21/h2-15H,1H3. The summed E-state index contributed by atoms with van der Waals surface area (Å²) in [7, 11) is -3.79. The van der Waals surface area contributed by atoms with Gasteiger partial charge in [-0.25, -0.2) is 13.4 Å². The smallest absolute Gasteiger partial charge is 0.219 e. The predicted octanol–water partition coefficient (Wildman–Crippen LogP) is 5.17. The van der Waals surface area contributed by atoms with E-state index >= 15 is 0 Å². The molecule has 0 atom stereocenters. The number of rotatable bonds is 4. The van der Waals surface area contributed by atoms with Crippen LogP contribution in [0.15, 0.2) is 94.9 Å². The van der Waals surface area contributed by atoms with Crippen LogP contribution in [0.2, 0.25) is 0 Å². The molecule has 0 amide bonds. The van der Waals surface area contributed by atoms with E-state index in [1.807, 2.05) is 31.2 Å². The minimum absolute atomic E-state index is 0.148. The summed E-state index contributed by atoms with van der Waals surface area (Å²) in [4.78, 5) is 4.52. The highest BCUT2D eigenvalue weighted by Crippen LogP contribution is 2.37. The molecule has 0 bridgehead atoms. The van der Waals surface area contributed by atoms with Crippen molar-refractivity contribution in [2.75, 3.05) is 0 Å². The van der Waals surface area contributed by atoms with Gasteiger partial charge in [0, 0.05) is 17.6 Å². The molecule has 0 aliphatic carbocycles. The van der Waals surface area contributed by atoms with Gasteiger partial charge < -0.3 is 4.74 Å². The average Bonchev–Trinajstić information content (AvgIpc) is 2.69. The highest BCUT2D eigenvalue weighted by atomic mass is 32.2. The van der Waals surface area contributed by atoms with Crippen molar-refractivity contribution >= 4 is 20.6 Å². The molecule has 0 N–H and O–H groups in total. The fourth-order valence-electron chi connectivity index (χ4n) is 2.94. The zero-order chi connectivity index (χ0) is 18.9. The number of hydrogen-bond donors (Lipinski definition) is 0. The molecule has 4 rings (SSSR count). The summed E-state index contributed by atoms with van der Waals surface area (Å²) in [5.74, 6) is 0.598. The van der Waals surface area contributed by atoms with Crippen molar-refractivity contribution in [3.63, 3.8) is 0 Å². The molecule has 3 aromatic carbocycles. The third-order valence-corrected chi connectivity index (χ3v) is 6.15. The lowest BCUT2D eigenvalue weighted by Gasteiger charge is -2.14. The number of aryl methyl sites for hydroxylation is 1. The van der Waals surface area contributed by atoms with Crippen LogP contribution in [0.5, 0.6) is 11.6 Å². The number of ether oxygens (including phenoxy) is 1. The first-order valence-electron chi connectivity index (χ1n) is 8.48. The van der Waals surface area contributed by atoms with E-state index in [0.717, 1.165) is 10.9 Å². The molecule has 0 aliphatic rings.